The Hall–Kier alpha value is -2.19. The summed E-state index contributed by atoms with van der Waals surface area (Å²) in [6.45, 7) is 2.44. The number of nitrogens with zero attached hydrogens (tertiary/aromatic N) is 3. The van der Waals surface area contributed by atoms with Gasteiger partial charge in [0.1, 0.15) is 5.82 Å². The lowest BCUT2D eigenvalue weighted by Crippen LogP contribution is -2.32. The molecule has 1 aliphatic heterocycles. The molecule has 1 aromatic heterocycles. The van der Waals surface area contributed by atoms with Crippen LogP contribution in [0.3, 0.4) is 0 Å². The van der Waals surface area contributed by atoms with Crippen molar-refractivity contribution >= 4 is 0 Å². The predicted molar refractivity (Wildman–Crippen MR) is 77.0 cm³/mol. The van der Waals surface area contributed by atoms with Crippen molar-refractivity contribution in [3.05, 3.63) is 53.1 Å². The Morgan fingerprint density at radius 1 is 1.38 bits per heavy atom. The van der Waals surface area contributed by atoms with Gasteiger partial charge in [0, 0.05) is 18.3 Å². The van der Waals surface area contributed by atoms with E-state index in [1.165, 1.54) is 17.7 Å². The Morgan fingerprint density at radius 2 is 2.19 bits per heavy atom. The summed E-state index contributed by atoms with van der Waals surface area (Å²) >= 11 is 0. The molecule has 0 radical (unpaired) electrons. The number of benzene rings is 1. The van der Waals surface area contributed by atoms with Crippen LogP contribution in [-0.4, -0.2) is 28.2 Å². The summed E-state index contributed by atoms with van der Waals surface area (Å²) < 4.78 is 13.8. The second-order valence-corrected chi connectivity index (χ2v) is 5.50. The topological polar surface area (TPSA) is 55.7 Å². The van der Waals surface area contributed by atoms with Crippen molar-refractivity contribution in [1.29, 1.82) is 5.26 Å². The molecule has 1 aliphatic rings. The number of hydrogen-bond acceptors (Lipinski definition) is 3. The monoisotopic (exact) mass is 284 g/mol. The Morgan fingerprint density at radius 3 is 2.86 bits per heavy atom. The molecule has 108 valence electrons. The normalized spacial score (nSPS) is 16.8. The Bertz CT molecular complexity index is 637. The summed E-state index contributed by atoms with van der Waals surface area (Å²) in [6.07, 6.45) is 5.95. The minimum Gasteiger partial charge on any atom is -0.299 e. The van der Waals surface area contributed by atoms with Crippen LogP contribution in [-0.2, 0) is 6.54 Å². The van der Waals surface area contributed by atoms with E-state index in [9.17, 15) is 4.39 Å². The number of halogens is 1. The first kappa shape index (κ1) is 13.8. The van der Waals surface area contributed by atoms with E-state index in [-0.39, 0.29) is 5.82 Å². The van der Waals surface area contributed by atoms with Crippen LogP contribution in [0.4, 0.5) is 4.39 Å². The van der Waals surface area contributed by atoms with E-state index in [0.717, 1.165) is 25.9 Å². The number of aromatic nitrogens is 2. The minimum absolute atomic E-state index is 0.231. The largest absolute Gasteiger partial charge is 0.299 e. The van der Waals surface area contributed by atoms with Crippen LogP contribution in [0.2, 0.25) is 0 Å². The fraction of sp³-hybridized carbons (Fsp3) is 0.375. The molecule has 2 aromatic rings. The zero-order valence-corrected chi connectivity index (χ0v) is 11.7. The summed E-state index contributed by atoms with van der Waals surface area (Å²) in [7, 11) is 0. The maximum Gasteiger partial charge on any atom is 0.127 e. The number of aromatic amines is 1. The van der Waals surface area contributed by atoms with E-state index in [2.05, 4.69) is 21.2 Å². The van der Waals surface area contributed by atoms with Gasteiger partial charge in [0.15, 0.2) is 0 Å². The third-order valence-electron chi connectivity index (χ3n) is 4.15. The molecule has 0 atom stereocenters. The van der Waals surface area contributed by atoms with Crippen molar-refractivity contribution in [3.8, 4) is 6.07 Å². The summed E-state index contributed by atoms with van der Waals surface area (Å²) in [5.41, 5.74) is 2.38. The van der Waals surface area contributed by atoms with Crippen LogP contribution in [0.1, 0.15) is 35.4 Å². The van der Waals surface area contributed by atoms with E-state index >= 15 is 0 Å². The summed E-state index contributed by atoms with van der Waals surface area (Å²) in [4.78, 5) is 2.25. The van der Waals surface area contributed by atoms with Crippen molar-refractivity contribution in [2.24, 2.45) is 0 Å². The van der Waals surface area contributed by atoms with Crippen LogP contribution >= 0.6 is 0 Å². The average molecular weight is 284 g/mol. The van der Waals surface area contributed by atoms with Crippen LogP contribution in [0.25, 0.3) is 0 Å². The molecule has 2 heterocycles. The Labute approximate surface area is 123 Å². The highest BCUT2D eigenvalue weighted by atomic mass is 19.1. The van der Waals surface area contributed by atoms with Crippen LogP contribution in [0, 0.1) is 17.1 Å². The van der Waals surface area contributed by atoms with Crippen LogP contribution in [0.5, 0.6) is 0 Å². The third kappa shape index (κ3) is 3.11. The highest BCUT2D eigenvalue weighted by Crippen LogP contribution is 2.28. The van der Waals surface area contributed by atoms with E-state index in [1.54, 1.807) is 6.07 Å². The van der Waals surface area contributed by atoms with Crippen molar-refractivity contribution in [3.63, 3.8) is 0 Å². The highest BCUT2D eigenvalue weighted by Gasteiger charge is 2.21. The number of nitrogens with one attached hydrogen (secondary N) is 1. The minimum atomic E-state index is -0.231. The molecule has 5 heteroatoms. The van der Waals surface area contributed by atoms with Crippen LogP contribution < -0.4 is 0 Å². The number of likely N-dealkylation sites (tertiary alicyclic amines) is 1. The quantitative estimate of drug-likeness (QED) is 0.943. The first-order valence-electron chi connectivity index (χ1n) is 7.16. The second-order valence-electron chi connectivity index (χ2n) is 5.50. The van der Waals surface area contributed by atoms with Crippen molar-refractivity contribution in [2.45, 2.75) is 25.3 Å². The smallest absolute Gasteiger partial charge is 0.127 e. The van der Waals surface area contributed by atoms with Gasteiger partial charge in [0.2, 0.25) is 0 Å². The standard InChI is InChI=1S/C16H17FN4/c17-16-2-1-12(8-18)7-14(16)11-21-5-3-13(4-6-21)15-9-19-20-10-15/h1-2,7,9-10,13H,3-6,11H2,(H,19,20). The molecular formula is C16H17FN4. The molecule has 1 aromatic carbocycles. The fourth-order valence-electron chi connectivity index (χ4n) is 2.91. The lowest BCUT2D eigenvalue weighted by Gasteiger charge is -2.31. The van der Waals surface area contributed by atoms with Crippen molar-refractivity contribution in [2.75, 3.05) is 13.1 Å². The molecule has 0 spiro atoms. The molecule has 4 nitrogen and oxygen atoms in total. The zero-order chi connectivity index (χ0) is 14.7. The molecule has 0 saturated carbocycles. The number of piperidine rings is 1. The van der Waals surface area contributed by atoms with Gasteiger partial charge in [-0.05, 0) is 55.6 Å². The average Bonchev–Trinajstić information content (AvgIpc) is 3.04. The lowest BCUT2D eigenvalue weighted by molar-refractivity contribution is 0.202. The second kappa shape index (κ2) is 6.06. The Kier molecular flexibility index (Phi) is 3.98. The van der Waals surface area contributed by atoms with E-state index in [0.29, 0.717) is 23.6 Å². The van der Waals surface area contributed by atoms with Gasteiger partial charge in [-0.15, -0.1) is 0 Å². The molecule has 1 N–H and O–H groups in total. The molecule has 0 bridgehead atoms. The molecule has 21 heavy (non-hydrogen) atoms. The number of rotatable bonds is 3. The number of hydrogen-bond donors (Lipinski definition) is 1. The maximum absolute atomic E-state index is 13.8. The molecule has 0 amide bonds. The van der Waals surface area contributed by atoms with Gasteiger partial charge in [0.05, 0.1) is 17.8 Å². The third-order valence-corrected chi connectivity index (χ3v) is 4.15. The summed E-state index contributed by atoms with van der Waals surface area (Å²) in [5, 5.41) is 15.8. The van der Waals surface area contributed by atoms with Gasteiger partial charge in [-0.1, -0.05) is 0 Å². The lowest BCUT2D eigenvalue weighted by atomic mass is 9.91. The molecule has 0 unspecified atom stereocenters. The molecule has 1 saturated heterocycles. The first-order valence-corrected chi connectivity index (χ1v) is 7.16. The molecule has 3 rings (SSSR count). The van der Waals surface area contributed by atoms with Gasteiger partial charge >= 0.3 is 0 Å². The number of H-pyrrole nitrogens is 1. The fourth-order valence-corrected chi connectivity index (χ4v) is 2.91. The highest BCUT2D eigenvalue weighted by molar-refractivity contribution is 5.33. The van der Waals surface area contributed by atoms with Crippen molar-refractivity contribution < 1.29 is 4.39 Å². The van der Waals surface area contributed by atoms with E-state index < -0.39 is 0 Å². The van der Waals surface area contributed by atoms with Gasteiger partial charge in [-0.25, -0.2) is 4.39 Å². The van der Waals surface area contributed by atoms with Crippen LogP contribution in [0.15, 0.2) is 30.6 Å². The van der Waals surface area contributed by atoms with Gasteiger partial charge < -0.3 is 0 Å². The maximum atomic E-state index is 13.8. The summed E-state index contributed by atoms with van der Waals surface area (Å²) in [5.74, 6) is 0.307. The van der Waals surface area contributed by atoms with Gasteiger partial charge in [0.25, 0.3) is 0 Å². The SMILES string of the molecule is N#Cc1ccc(F)c(CN2CCC(c3cn[nH]c3)CC2)c1. The van der Waals surface area contributed by atoms with Gasteiger partial charge in [-0.3, -0.25) is 10.00 Å². The zero-order valence-electron chi connectivity index (χ0n) is 11.7. The number of nitriles is 1. The molecule has 0 aliphatic carbocycles. The summed E-state index contributed by atoms with van der Waals surface area (Å²) in [6, 6.07) is 6.61. The molecule has 1 fully saturated rings. The molecular weight excluding hydrogens is 267 g/mol. The van der Waals surface area contributed by atoms with E-state index in [1.807, 2.05) is 12.4 Å². The van der Waals surface area contributed by atoms with Crippen molar-refractivity contribution in [1.82, 2.24) is 15.1 Å². The first-order chi connectivity index (χ1) is 10.3. The van der Waals surface area contributed by atoms with E-state index in [4.69, 9.17) is 5.26 Å². The van der Waals surface area contributed by atoms with Gasteiger partial charge in [-0.2, -0.15) is 10.4 Å². The Balaban J connectivity index is 1.62. The predicted octanol–water partition coefficient (Wildman–Crippen LogP) is 2.80.